The highest BCUT2D eigenvalue weighted by molar-refractivity contribution is 6.09. The Balaban J connectivity index is 1.11. The summed E-state index contributed by atoms with van der Waals surface area (Å²) in [6.45, 7) is 1.72. The van der Waals surface area contributed by atoms with Crippen LogP contribution in [0.25, 0.3) is 61.0 Å². The zero-order valence-electron chi connectivity index (χ0n) is 40.9. The third-order valence-corrected chi connectivity index (χ3v) is 12.4. The molecule has 2 aromatic heterocycles. The van der Waals surface area contributed by atoms with Gasteiger partial charge in [0.25, 0.3) is 0 Å². The van der Waals surface area contributed by atoms with Gasteiger partial charge in [-0.2, -0.15) is 0 Å². The van der Waals surface area contributed by atoms with Gasteiger partial charge >= 0.3 is 0 Å². The molecule has 4 aliphatic rings. The Labute approximate surface area is 386 Å². The predicted molar refractivity (Wildman–Crippen MR) is 267 cm³/mol. The summed E-state index contributed by atoms with van der Waals surface area (Å²) in [7, 11) is 0. The van der Waals surface area contributed by atoms with E-state index in [1.165, 1.54) is 0 Å². The number of rotatable bonds is 3. The summed E-state index contributed by atoms with van der Waals surface area (Å²) < 4.78 is 60.4. The van der Waals surface area contributed by atoms with E-state index >= 15 is 0 Å². The quantitative estimate of drug-likeness (QED) is 0.177. The van der Waals surface area contributed by atoms with Crippen LogP contribution in [0.1, 0.15) is 31.8 Å². The molecular formula is C59H46N4O2. The minimum atomic E-state index is -2.48. The number of ether oxygens (including phenoxy) is 2. The minimum absolute atomic E-state index is 0.0876. The van der Waals surface area contributed by atoms with Crippen LogP contribution in [0.3, 0.4) is 0 Å². The molecule has 0 spiro atoms. The topological polar surface area (TPSA) is 42.8 Å². The molecule has 4 aliphatic heterocycles. The molecule has 0 aliphatic carbocycles. The normalized spacial score (nSPS) is 14.4. The van der Waals surface area contributed by atoms with E-state index in [4.69, 9.17) is 18.6 Å². The highest BCUT2D eigenvalue weighted by atomic mass is 16.5. The molecule has 14 rings (SSSR count). The summed E-state index contributed by atoms with van der Waals surface area (Å²) in [6, 6.07) is 62.0. The van der Waals surface area contributed by atoms with Gasteiger partial charge in [0, 0.05) is 58.3 Å². The number of hydrogen-bond donors (Lipinski definition) is 0. The predicted octanol–water partition coefficient (Wildman–Crippen LogP) is 15.8. The van der Waals surface area contributed by atoms with E-state index in [2.05, 4.69) is 82.6 Å². The first-order chi connectivity index (χ1) is 33.9. The van der Waals surface area contributed by atoms with E-state index in [0.717, 1.165) is 72.4 Å². The number of aromatic nitrogens is 2. The number of hydrogen-bond acceptors (Lipinski definition) is 5. The molecule has 8 aromatic carbocycles. The molecule has 6 nitrogen and oxygen atoms in total. The molecule has 0 amide bonds. The van der Waals surface area contributed by atoms with Crippen molar-refractivity contribution >= 4 is 44.6 Å². The smallest absolute Gasteiger partial charge is 0.137 e. The Morgan fingerprint density at radius 3 is 2.08 bits per heavy atom. The summed E-state index contributed by atoms with van der Waals surface area (Å²) in [5.74, 6) is 2.07. The van der Waals surface area contributed by atoms with Crippen LogP contribution in [-0.2, 0) is 6.37 Å². The molecule has 0 saturated carbocycles. The van der Waals surface area contributed by atoms with E-state index < -0.39 is 13.2 Å². The highest BCUT2D eigenvalue weighted by Crippen LogP contribution is 2.51. The Bertz CT molecular complexity index is 3660. The molecule has 314 valence electrons. The van der Waals surface area contributed by atoms with Gasteiger partial charge in [-0.25, -0.2) is 4.98 Å². The molecule has 6 heteroatoms. The Morgan fingerprint density at radius 2 is 1.26 bits per heavy atom. The van der Waals surface area contributed by atoms with Gasteiger partial charge in [0.1, 0.15) is 35.5 Å². The van der Waals surface area contributed by atoms with Crippen LogP contribution in [0.15, 0.2) is 194 Å². The number of para-hydroxylation sites is 4. The standard InChI is InChI=1S/C59H46N4O2/c1-38(2)31-43-33-58-60-36-52(43)42-15-11-16-46(32-42)64-45-27-24-41(25-28-45)49-19-12-18-48(40-13-5-4-6-14-40)59(49)62-37-61(54-21-9-10-22-55(54)62)44-26-23-39(3)57(34-44)65-47-29-30-51-50-17-7-8-20-53(50)63(58)56(51)35-47/h4-30,32-36,38H,31,37H2,1-3H3/i3D3,31D2. The van der Waals surface area contributed by atoms with Crippen LogP contribution in [0.4, 0.5) is 22.7 Å². The lowest BCUT2D eigenvalue weighted by atomic mass is 9.94. The molecule has 0 atom stereocenters. The summed E-state index contributed by atoms with van der Waals surface area (Å²) >= 11 is 0. The third kappa shape index (κ3) is 6.77. The maximum Gasteiger partial charge on any atom is 0.137 e. The first-order valence-electron chi connectivity index (χ1n) is 24.5. The Hall–Kier alpha value is -8.09. The fourth-order valence-corrected chi connectivity index (χ4v) is 9.49. The second-order valence-corrected chi connectivity index (χ2v) is 16.9. The molecule has 0 N–H and O–H groups in total. The SMILES string of the molecule is [2H]C([2H])([2H])c1ccc2cc1Oc1ccc3c4ccccc4n(c3c1)-c1cc(C([2H])([2H])C(C)C)c(cn1)-c1cccc(c1)Oc1ccc(cc1)-c1cccc(-c3ccccc3)c1N1CN2c2ccccc21. The van der Waals surface area contributed by atoms with Crippen LogP contribution < -0.4 is 19.3 Å². The van der Waals surface area contributed by atoms with Gasteiger partial charge in [-0.3, -0.25) is 4.57 Å². The number of anilines is 4. The van der Waals surface area contributed by atoms with Gasteiger partial charge in [0.05, 0.1) is 28.1 Å². The average Bonchev–Trinajstić information content (AvgIpc) is 3.92. The largest absolute Gasteiger partial charge is 0.457 e. The molecule has 0 fully saturated rings. The molecule has 10 aromatic rings. The highest BCUT2D eigenvalue weighted by Gasteiger charge is 2.32. The van der Waals surface area contributed by atoms with Crippen molar-refractivity contribution < 1.29 is 16.3 Å². The monoisotopic (exact) mass is 847 g/mol. The summed E-state index contributed by atoms with van der Waals surface area (Å²) in [6.07, 6.45) is 0.00401. The summed E-state index contributed by atoms with van der Waals surface area (Å²) in [5.41, 5.74) is 11.5. The van der Waals surface area contributed by atoms with Crippen LogP contribution in [0, 0.1) is 12.8 Å². The van der Waals surface area contributed by atoms with Crippen molar-refractivity contribution in [1.82, 2.24) is 9.55 Å². The second-order valence-electron chi connectivity index (χ2n) is 16.9. The fourth-order valence-electron chi connectivity index (χ4n) is 9.49. The minimum Gasteiger partial charge on any atom is -0.457 e. The maximum atomic E-state index is 9.53. The van der Waals surface area contributed by atoms with Gasteiger partial charge in [-0.1, -0.05) is 123 Å². The Morgan fingerprint density at radius 1 is 0.569 bits per heavy atom. The molecule has 12 bridgehead atoms. The molecule has 0 saturated heterocycles. The lowest BCUT2D eigenvalue weighted by molar-refractivity contribution is 0.479. The van der Waals surface area contributed by atoms with Crippen molar-refractivity contribution in [2.45, 2.75) is 27.1 Å². The van der Waals surface area contributed by atoms with Crippen LogP contribution in [-0.4, -0.2) is 16.2 Å². The molecular weight excluding hydrogens is 797 g/mol. The lowest BCUT2D eigenvalue weighted by Gasteiger charge is -2.27. The van der Waals surface area contributed by atoms with Crippen LogP contribution in [0.5, 0.6) is 23.0 Å². The summed E-state index contributed by atoms with van der Waals surface area (Å²) in [5, 5.41) is 1.92. The van der Waals surface area contributed by atoms with E-state index in [9.17, 15) is 2.74 Å². The van der Waals surface area contributed by atoms with Gasteiger partial charge in [-0.15, -0.1) is 0 Å². The number of aryl methyl sites for hydroxylation is 1. The van der Waals surface area contributed by atoms with Crippen molar-refractivity contribution in [3.63, 3.8) is 0 Å². The van der Waals surface area contributed by atoms with Crippen LogP contribution in [0.2, 0.25) is 0 Å². The van der Waals surface area contributed by atoms with Crippen molar-refractivity contribution in [2.24, 2.45) is 5.92 Å². The average molecular weight is 848 g/mol. The van der Waals surface area contributed by atoms with Crippen molar-refractivity contribution in [3.8, 4) is 62.2 Å². The van der Waals surface area contributed by atoms with E-state index in [1.54, 1.807) is 12.3 Å². The van der Waals surface area contributed by atoms with Gasteiger partial charge in [0.15, 0.2) is 0 Å². The molecule has 0 unspecified atom stereocenters. The number of benzene rings is 8. The van der Waals surface area contributed by atoms with Crippen molar-refractivity contribution in [1.29, 1.82) is 0 Å². The molecule has 65 heavy (non-hydrogen) atoms. The Kier molecular flexibility index (Phi) is 8.04. The number of fused-ring (bicyclic) bond motifs is 5. The second kappa shape index (κ2) is 15.6. The molecule has 0 radical (unpaired) electrons. The third-order valence-electron chi connectivity index (χ3n) is 12.4. The van der Waals surface area contributed by atoms with E-state index in [-0.39, 0.29) is 17.2 Å². The van der Waals surface area contributed by atoms with Crippen molar-refractivity contribution in [3.05, 3.63) is 205 Å². The van der Waals surface area contributed by atoms with E-state index in [0.29, 0.717) is 40.9 Å². The lowest BCUT2D eigenvalue weighted by Crippen LogP contribution is -2.25. The van der Waals surface area contributed by atoms with Crippen LogP contribution >= 0.6 is 0 Å². The molecule has 6 heterocycles. The van der Waals surface area contributed by atoms with Gasteiger partial charge in [-0.05, 0) is 114 Å². The number of pyridine rings is 1. The first-order valence-corrected chi connectivity index (χ1v) is 22.0. The van der Waals surface area contributed by atoms with Gasteiger partial charge in [0.2, 0.25) is 0 Å². The first kappa shape index (κ1) is 33.5. The van der Waals surface area contributed by atoms with E-state index in [1.807, 2.05) is 128 Å². The van der Waals surface area contributed by atoms with Crippen molar-refractivity contribution in [2.75, 3.05) is 16.5 Å². The number of nitrogens with zero attached hydrogens (tertiary/aromatic N) is 4. The fraction of sp³-hybridized carbons (Fsp3) is 0.102. The maximum absolute atomic E-state index is 9.53. The van der Waals surface area contributed by atoms with Gasteiger partial charge < -0.3 is 19.3 Å². The summed E-state index contributed by atoms with van der Waals surface area (Å²) in [4.78, 5) is 9.62. The zero-order valence-corrected chi connectivity index (χ0v) is 35.9. The zero-order chi connectivity index (χ0) is 47.9.